The van der Waals surface area contributed by atoms with Gasteiger partial charge in [-0.05, 0) is 24.6 Å². The number of hydrogen-bond donors (Lipinski definition) is 3. The van der Waals surface area contributed by atoms with Crippen LogP contribution in [0.3, 0.4) is 0 Å². The third kappa shape index (κ3) is 5.64. The number of benzene rings is 1. The average Bonchev–Trinajstić information content (AvgIpc) is 2.96. The first-order chi connectivity index (χ1) is 12.4. The van der Waals surface area contributed by atoms with Crippen LogP contribution in [0.1, 0.15) is 25.9 Å². The lowest BCUT2D eigenvalue weighted by molar-refractivity contribution is -0.137. The molecule has 26 heavy (non-hydrogen) atoms. The zero-order chi connectivity index (χ0) is 19.1. The lowest BCUT2D eigenvalue weighted by Crippen LogP contribution is -2.30. The molecule has 8 nitrogen and oxygen atoms in total. The van der Waals surface area contributed by atoms with Gasteiger partial charge in [0.25, 0.3) is 5.91 Å². The number of rotatable bonds is 8. The van der Waals surface area contributed by atoms with Gasteiger partial charge in [-0.2, -0.15) is 0 Å². The summed E-state index contributed by atoms with van der Waals surface area (Å²) in [4.78, 5) is 39.2. The van der Waals surface area contributed by atoms with Crippen LogP contribution in [-0.2, 0) is 27.4 Å². The van der Waals surface area contributed by atoms with Gasteiger partial charge >= 0.3 is 5.97 Å². The van der Waals surface area contributed by atoms with Crippen molar-refractivity contribution >= 4 is 34.8 Å². The molecule has 0 aliphatic heterocycles. The molecule has 0 saturated heterocycles. The molecular weight excluding hydrogens is 358 g/mol. The summed E-state index contributed by atoms with van der Waals surface area (Å²) in [6, 6.07) is 6.77. The average molecular weight is 377 g/mol. The van der Waals surface area contributed by atoms with Gasteiger partial charge in [-0.1, -0.05) is 12.1 Å². The second-order valence-electron chi connectivity index (χ2n) is 5.45. The number of carboxylic acids is 1. The first-order valence-electron chi connectivity index (χ1n) is 7.73. The molecule has 0 radical (unpaired) electrons. The van der Waals surface area contributed by atoms with Crippen LogP contribution in [0.4, 0.5) is 5.69 Å². The minimum atomic E-state index is -1.09. The number of carbonyl (C=O) groups excluding carboxylic acids is 2. The molecule has 0 unspecified atom stereocenters. The van der Waals surface area contributed by atoms with Crippen molar-refractivity contribution in [2.75, 3.05) is 19.0 Å². The van der Waals surface area contributed by atoms with E-state index in [9.17, 15) is 14.4 Å². The van der Waals surface area contributed by atoms with Crippen LogP contribution in [0.15, 0.2) is 24.3 Å². The predicted octanol–water partition coefficient (Wildman–Crippen LogP) is 1.59. The monoisotopic (exact) mass is 377 g/mol. The van der Waals surface area contributed by atoms with Crippen molar-refractivity contribution in [2.45, 2.75) is 20.0 Å². The van der Waals surface area contributed by atoms with Crippen LogP contribution in [0.5, 0.6) is 0 Å². The topological polar surface area (TPSA) is 118 Å². The number of carboxylic acid groups (broad SMARTS) is 1. The molecule has 2 amide bonds. The van der Waals surface area contributed by atoms with Gasteiger partial charge in [0.1, 0.15) is 16.4 Å². The van der Waals surface area contributed by atoms with E-state index in [0.717, 1.165) is 5.01 Å². The Hall–Kier alpha value is -2.78. The lowest BCUT2D eigenvalue weighted by atomic mass is 10.1. The number of anilines is 1. The second-order valence-corrected chi connectivity index (χ2v) is 6.54. The van der Waals surface area contributed by atoms with E-state index in [4.69, 9.17) is 9.84 Å². The normalized spacial score (nSPS) is 10.4. The van der Waals surface area contributed by atoms with Gasteiger partial charge in [-0.25, -0.2) is 4.98 Å². The highest BCUT2D eigenvalue weighted by atomic mass is 32.1. The number of hydrogen-bond acceptors (Lipinski definition) is 6. The Morgan fingerprint density at radius 2 is 1.92 bits per heavy atom. The molecule has 0 atom stereocenters. The van der Waals surface area contributed by atoms with E-state index in [-0.39, 0.29) is 18.2 Å². The first kappa shape index (κ1) is 19.5. The smallest absolute Gasteiger partial charge is 0.322 e. The number of thiazole rings is 1. The fraction of sp³-hybridized carbons (Fsp3) is 0.294. The van der Waals surface area contributed by atoms with Gasteiger partial charge in [-0.15, -0.1) is 11.3 Å². The third-order valence-electron chi connectivity index (χ3n) is 3.33. The van der Waals surface area contributed by atoms with Crippen LogP contribution in [0.25, 0.3) is 0 Å². The molecule has 0 aliphatic rings. The van der Waals surface area contributed by atoms with Crippen LogP contribution in [0, 0.1) is 6.92 Å². The largest absolute Gasteiger partial charge is 0.480 e. The Bertz CT molecular complexity index is 801. The predicted molar refractivity (Wildman–Crippen MR) is 96.3 cm³/mol. The number of aliphatic carboxylic acids is 1. The van der Waals surface area contributed by atoms with E-state index in [2.05, 4.69) is 15.6 Å². The van der Waals surface area contributed by atoms with E-state index >= 15 is 0 Å². The summed E-state index contributed by atoms with van der Waals surface area (Å²) in [7, 11) is 1.57. The summed E-state index contributed by atoms with van der Waals surface area (Å²) < 4.78 is 5.02. The van der Waals surface area contributed by atoms with Gasteiger partial charge in [-0.3, -0.25) is 14.4 Å². The number of aryl methyl sites for hydroxylation is 1. The molecule has 1 aromatic carbocycles. The number of ether oxygens (including phenoxy) is 1. The number of nitrogens with one attached hydrogen (secondary N) is 2. The standard InChI is InChI=1S/C17H19N3O5S/c1-10-16(26-14(19-10)9-25-2)17(24)20-12-5-3-11(4-6-12)7-13(21)18-8-15(22)23/h3-6H,7-9H2,1-2H3,(H,18,21)(H,20,24)(H,22,23). The molecular formula is C17H19N3O5S. The Kier molecular flexibility index (Phi) is 6.81. The quantitative estimate of drug-likeness (QED) is 0.643. The molecule has 138 valence electrons. The summed E-state index contributed by atoms with van der Waals surface area (Å²) in [5.74, 6) is -1.73. The molecule has 2 aromatic rings. The van der Waals surface area contributed by atoms with Gasteiger partial charge in [0.2, 0.25) is 5.91 Å². The second kappa shape index (κ2) is 9.07. The Labute approximate surface area is 154 Å². The molecule has 0 bridgehead atoms. The summed E-state index contributed by atoms with van der Waals surface area (Å²) in [6.45, 7) is 1.72. The summed E-state index contributed by atoms with van der Waals surface area (Å²) in [5, 5.41) is 14.3. The highest BCUT2D eigenvalue weighted by Crippen LogP contribution is 2.20. The van der Waals surface area contributed by atoms with Gasteiger partial charge in [0.05, 0.1) is 18.7 Å². The minimum absolute atomic E-state index is 0.0653. The number of carbonyl (C=O) groups is 3. The van der Waals surface area contributed by atoms with Crippen molar-refractivity contribution in [3.63, 3.8) is 0 Å². The molecule has 0 aliphatic carbocycles. The highest BCUT2D eigenvalue weighted by Gasteiger charge is 2.15. The SMILES string of the molecule is COCc1nc(C)c(C(=O)Nc2ccc(CC(=O)NCC(=O)O)cc2)s1. The van der Waals surface area contributed by atoms with E-state index in [1.165, 1.54) is 11.3 Å². The summed E-state index contributed by atoms with van der Waals surface area (Å²) in [6.07, 6.45) is 0.0653. The maximum absolute atomic E-state index is 12.4. The van der Waals surface area contributed by atoms with Crippen LogP contribution in [-0.4, -0.2) is 41.5 Å². The highest BCUT2D eigenvalue weighted by molar-refractivity contribution is 7.13. The number of nitrogens with zero attached hydrogens (tertiary/aromatic N) is 1. The van der Waals surface area contributed by atoms with E-state index in [1.54, 1.807) is 38.3 Å². The lowest BCUT2D eigenvalue weighted by Gasteiger charge is -2.06. The molecule has 0 fully saturated rings. The van der Waals surface area contributed by atoms with Crippen molar-refractivity contribution < 1.29 is 24.2 Å². The van der Waals surface area contributed by atoms with E-state index < -0.39 is 12.5 Å². The molecule has 9 heteroatoms. The zero-order valence-corrected chi connectivity index (χ0v) is 15.2. The van der Waals surface area contributed by atoms with Crippen LogP contribution < -0.4 is 10.6 Å². The van der Waals surface area contributed by atoms with E-state index in [0.29, 0.717) is 28.4 Å². The molecule has 2 rings (SSSR count). The number of methoxy groups -OCH3 is 1. The van der Waals surface area contributed by atoms with Gasteiger partial charge in [0.15, 0.2) is 0 Å². The zero-order valence-electron chi connectivity index (χ0n) is 14.4. The van der Waals surface area contributed by atoms with Crippen LogP contribution in [0.2, 0.25) is 0 Å². The van der Waals surface area contributed by atoms with Gasteiger partial charge < -0.3 is 20.5 Å². The molecule has 0 saturated carbocycles. The Morgan fingerprint density at radius 1 is 1.23 bits per heavy atom. The van der Waals surface area contributed by atoms with Crippen molar-refractivity contribution in [2.24, 2.45) is 0 Å². The van der Waals surface area contributed by atoms with Crippen LogP contribution >= 0.6 is 11.3 Å². The summed E-state index contributed by atoms with van der Waals surface area (Å²) >= 11 is 1.28. The molecule has 1 aromatic heterocycles. The van der Waals surface area contributed by atoms with Crippen molar-refractivity contribution in [1.82, 2.24) is 10.3 Å². The Balaban J connectivity index is 1.95. The van der Waals surface area contributed by atoms with Gasteiger partial charge in [0, 0.05) is 12.8 Å². The Morgan fingerprint density at radius 3 is 2.54 bits per heavy atom. The molecule has 0 spiro atoms. The van der Waals surface area contributed by atoms with Crippen molar-refractivity contribution in [1.29, 1.82) is 0 Å². The first-order valence-corrected chi connectivity index (χ1v) is 8.54. The minimum Gasteiger partial charge on any atom is -0.480 e. The maximum Gasteiger partial charge on any atom is 0.322 e. The number of aromatic nitrogens is 1. The molecule has 1 heterocycles. The fourth-order valence-electron chi connectivity index (χ4n) is 2.16. The van der Waals surface area contributed by atoms with E-state index in [1.807, 2.05) is 0 Å². The third-order valence-corrected chi connectivity index (χ3v) is 4.46. The van der Waals surface area contributed by atoms with Crippen molar-refractivity contribution in [3.05, 3.63) is 45.4 Å². The number of amides is 2. The fourth-order valence-corrected chi connectivity index (χ4v) is 3.10. The maximum atomic E-state index is 12.4. The molecule has 3 N–H and O–H groups in total. The van der Waals surface area contributed by atoms with Crippen molar-refractivity contribution in [3.8, 4) is 0 Å². The summed E-state index contributed by atoms with van der Waals surface area (Å²) in [5.41, 5.74) is 1.94.